The highest BCUT2D eigenvalue weighted by Gasteiger charge is 2.39. The third kappa shape index (κ3) is 1.49. The molecule has 0 spiro atoms. The van der Waals surface area contributed by atoms with Gasteiger partial charge in [-0.25, -0.2) is 4.98 Å². The van der Waals surface area contributed by atoms with Crippen LogP contribution in [-0.2, 0) is 5.60 Å². The molecule has 0 aliphatic carbocycles. The maximum atomic E-state index is 10.4. The molecule has 16 heavy (non-hydrogen) atoms. The number of hydrogen-bond donors (Lipinski definition) is 2. The Kier molecular flexibility index (Phi) is 2.33. The van der Waals surface area contributed by atoms with Gasteiger partial charge in [0.05, 0.1) is 0 Å². The molecular weight excluding hydrogens is 202 g/mol. The highest BCUT2D eigenvalue weighted by Crippen LogP contribution is 2.33. The van der Waals surface area contributed by atoms with Crippen LogP contribution in [-0.4, -0.2) is 36.3 Å². The molecule has 3 heterocycles. The van der Waals surface area contributed by atoms with Crippen molar-refractivity contribution in [2.45, 2.75) is 18.4 Å². The highest BCUT2D eigenvalue weighted by atomic mass is 16.3. The van der Waals surface area contributed by atoms with Gasteiger partial charge in [0, 0.05) is 37.9 Å². The predicted octanol–water partition coefficient (Wildman–Crippen LogP) is 0.473. The molecule has 2 aliphatic heterocycles. The molecule has 3 rings (SSSR count). The second-order valence-electron chi connectivity index (χ2n) is 4.70. The summed E-state index contributed by atoms with van der Waals surface area (Å²) in [4.78, 5) is 6.73. The lowest BCUT2D eigenvalue weighted by molar-refractivity contribution is -0.0144. The van der Waals surface area contributed by atoms with Crippen LogP contribution in [0.4, 0.5) is 5.82 Å². The Morgan fingerprint density at radius 1 is 1.31 bits per heavy atom. The molecule has 2 aliphatic rings. The summed E-state index contributed by atoms with van der Waals surface area (Å²) in [5.74, 6) is 0.976. The molecule has 0 aromatic carbocycles. The van der Waals surface area contributed by atoms with Gasteiger partial charge >= 0.3 is 0 Å². The zero-order chi connectivity index (χ0) is 11.0. The zero-order valence-electron chi connectivity index (χ0n) is 9.32. The SMILES string of the molecule is OC1(c2cccnc2N2CCCC2)CNC1. The van der Waals surface area contributed by atoms with Gasteiger partial charge in [0.25, 0.3) is 0 Å². The number of pyridine rings is 1. The number of aromatic nitrogens is 1. The standard InChI is InChI=1S/C12H17N3O/c16-12(8-13-9-12)10-4-3-5-14-11(10)15-6-1-2-7-15/h3-5,13,16H,1-2,6-9H2. The van der Waals surface area contributed by atoms with Crippen molar-refractivity contribution in [3.63, 3.8) is 0 Å². The first kappa shape index (κ1) is 10.1. The van der Waals surface area contributed by atoms with Crippen molar-refractivity contribution in [2.24, 2.45) is 0 Å². The van der Waals surface area contributed by atoms with E-state index in [0.717, 1.165) is 24.5 Å². The molecule has 2 saturated heterocycles. The highest BCUT2D eigenvalue weighted by molar-refractivity contribution is 5.51. The molecule has 0 bridgehead atoms. The van der Waals surface area contributed by atoms with Gasteiger partial charge in [0.2, 0.25) is 0 Å². The quantitative estimate of drug-likeness (QED) is 0.759. The van der Waals surface area contributed by atoms with Gasteiger partial charge in [-0.3, -0.25) is 0 Å². The van der Waals surface area contributed by atoms with E-state index in [1.807, 2.05) is 18.3 Å². The van der Waals surface area contributed by atoms with E-state index in [-0.39, 0.29) is 0 Å². The maximum Gasteiger partial charge on any atom is 0.134 e. The monoisotopic (exact) mass is 219 g/mol. The van der Waals surface area contributed by atoms with Gasteiger partial charge in [0.15, 0.2) is 0 Å². The van der Waals surface area contributed by atoms with Crippen LogP contribution in [0.15, 0.2) is 18.3 Å². The molecule has 2 fully saturated rings. The molecule has 0 saturated carbocycles. The molecule has 0 amide bonds. The van der Waals surface area contributed by atoms with E-state index in [2.05, 4.69) is 15.2 Å². The van der Waals surface area contributed by atoms with E-state index in [4.69, 9.17) is 0 Å². The number of anilines is 1. The summed E-state index contributed by atoms with van der Waals surface area (Å²) in [5.41, 5.74) is 0.280. The zero-order valence-corrected chi connectivity index (χ0v) is 9.32. The van der Waals surface area contributed by atoms with E-state index in [0.29, 0.717) is 13.1 Å². The van der Waals surface area contributed by atoms with Crippen molar-refractivity contribution in [1.29, 1.82) is 0 Å². The fraction of sp³-hybridized carbons (Fsp3) is 0.583. The number of nitrogens with zero attached hydrogens (tertiary/aromatic N) is 2. The van der Waals surface area contributed by atoms with Crippen LogP contribution in [0.25, 0.3) is 0 Å². The summed E-state index contributed by atoms with van der Waals surface area (Å²) in [6.07, 6.45) is 4.27. The summed E-state index contributed by atoms with van der Waals surface area (Å²) in [5, 5.41) is 13.5. The van der Waals surface area contributed by atoms with Crippen molar-refractivity contribution < 1.29 is 5.11 Å². The van der Waals surface area contributed by atoms with Crippen LogP contribution in [0.1, 0.15) is 18.4 Å². The minimum absolute atomic E-state index is 0.638. The molecular formula is C12H17N3O. The molecule has 0 unspecified atom stereocenters. The largest absolute Gasteiger partial charge is 0.382 e. The van der Waals surface area contributed by atoms with E-state index in [1.165, 1.54) is 12.8 Å². The molecule has 0 atom stereocenters. The first-order valence-electron chi connectivity index (χ1n) is 5.93. The Hall–Kier alpha value is -1.13. The number of rotatable bonds is 2. The van der Waals surface area contributed by atoms with Gasteiger partial charge in [0.1, 0.15) is 11.4 Å². The minimum Gasteiger partial charge on any atom is -0.382 e. The molecule has 4 nitrogen and oxygen atoms in total. The normalized spacial score (nSPS) is 23.2. The third-order valence-electron chi connectivity index (χ3n) is 3.53. The lowest BCUT2D eigenvalue weighted by Gasteiger charge is -2.39. The van der Waals surface area contributed by atoms with Crippen molar-refractivity contribution in [2.75, 3.05) is 31.1 Å². The average molecular weight is 219 g/mol. The first-order valence-corrected chi connectivity index (χ1v) is 5.93. The molecule has 1 aromatic heterocycles. The van der Waals surface area contributed by atoms with Crippen molar-refractivity contribution >= 4 is 5.82 Å². The maximum absolute atomic E-state index is 10.4. The van der Waals surface area contributed by atoms with E-state index in [9.17, 15) is 5.11 Å². The van der Waals surface area contributed by atoms with Gasteiger partial charge in [-0.15, -0.1) is 0 Å². The predicted molar refractivity (Wildman–Crippen MR) is 62.5 cm³/mol. The summed E-state index contributed by atoms with van der Waals surface area (Å²) >= 11 is 0. The lowest BCUT2D eigenvalue weighted by atomic mass is 9.88. The fourth-order valence-electron chi connectivity index (χ4n) is 2.49. The van der Waals surface area contributed by atoms with Crippen molar-refractivity contribution in [3.05, 3.63) is 23.9 Å². The number of aliphatic hydroxyl groups is 1. The molecule has 1 aromatic rings. The fourth-order valence-corrected chi connectivity index (χ4v) is 2.49. The summed E-state index contributed by atoms with van der Waals surface area (Å²) in [6, 6.07) is 3.91. The van der Waals surface area contributed by atoms with Crippen molar-refractivity contribution in [3.8, 4) is 0 Å². The molecule has 4 heteroatoms. The van der Waals surface area contributed by atoms with Crippen LogP contribution < -0.4 is 10.2 Å². The summed E-state index contributed by atoms with van der Waals surface area (Å²) in [7, 11) is 0. The Morgan fingerprint density at radius 3 is 2.69 bits per heavy atom. The summed E-state index contributed by atoms with van der Waals surface area (Å²) < 4.78 is 0. The van der Waals surface area contributed by atoms with Crippen LogP contribution in [0, 0.1) is 0 Å². The van der Waals surface area contributed by atoms with Gasteiger partial charge in [-0.05, 0) is 18.9 Å². The third-order valence-corrected chi connectivity index (χ3v) is 3.53. The molecule has 0 radical (unpaired) electrons. The topological polar surface area (TPSA) is 48.4 Å². The van der Waals surface area contributed by atoms with Crippen molar-refractivity contribution in [1.82, 2.24) is 10.3 Å². The minimum atomic E-state index is -0.702. The second kappa shape index (κ2) is 3.71. The van der Waals surface area contributed by atoms with Gasteiger partial charge in [-0.1, -0.05) is 6.07 Å². The van der Waals surface area contributed by atoms with E-state index in [1.54, 1.807) is 0 Å². The summed E-state index contributed by atoms with van der Waals surface area (Å²) in [6.45, 7) is 3.40. The average Bonchev–Trinajstić information content (AvgIpc) is 2.79. The number of nitrogens with one attached hydrogen (secondary N) is 1. The number of β-amino-alcohol motifs (C(OH)–C–C–N with tert-alkyl or cyclic N) is 1. The van der Waals surface area contributed by atoms with Crippen LogP contribution in [0.5, 0.6) is 0 Å². The number of hydrogen-bond acceptors (Lipinski definition) is 4. The Labute approximate surface area is 95.3 Å². The smallest absolute Gasteiger partial charge is 0.134 e. The van der Waals surface area contributed by atoms with Gasteiger partial charge in [-0.2, -0.15) is 0 Å². The Morgan fingerprint density at radius 2 is 2.06 bits per heavy atom. The first-order chi connectivity index (χ1) is 7.80. The van der Waals surface area contributed by atoms with Gasteiger partial charge < -0.3 is 15.3 Å². The second-order valence-corrected chi connectivity index (χ2v) is 4.70. The Balaban J connectivity index is 1.97. The van der Waals surface area contributed by atoms with Crippen LogP contribution >= 0.6 is 0 Å². The van der Waals surface area contributed by atoms with E-state index < -0.39 is 5.60 Å². The lowest BCUT2D eigenvalue weighted by Crippen LogP contribution is -2.57. The molecule has 86 valence electrons. The Bertz CT molecular complexity index is 384. The van der Waals surface area contributed by atoms with E-state index >= 15 is 0 Å². The van der Waals surface area contributed by atoms with Crippen LogP contribution in [0.3, 0.4) is 0 Å². The van der Waals surface area contributed by atoms with Crippen LogP contribution in [0.2, 0.25) is 0 Å². The molecule has 2 N–H and O–H groups in total.